The van der Waals surface area contributed by atoms with Gasteiger partial charge in [-0.25, -0.2) is 4.39 Å². The van der Waals surface area contributed by atoms with Crippen LogP contribution >= 0.6 is 11.6 Å². The molecule has 3 nitrogen and oxygen atoms in total. The molecule has 0 aliphatic carbocycles. The predicted molar refractivity (Wildman–Crippen MR) is 66.2 cm³/mol. The van der Waals surface area contributed by atoms with E-state index < -0.39 is 5.82 Å². The summed E-state index contributed by atoms with van der Waals surface area (Å²) in [5.41, 5.74) is 0. The highest BCUT2D eigenvalue weighted by Gasteiger charge is 2.07. The summed E-state index contributed by atoms with van der Waals surface area (Å²) in [5, 5.41) is 3.46. The quantitative estimate of drug-likeness (QED) is 0.765. The maximum absolute atomic E-state index is 13.3. The van der Waals surface area contributed by atoms with Gasteiger partial charge >= 0.3 is 0 Å². The van der Waals surface area contributed by atoms with E-state index >= 15 is 0 Å². The van der Waals surface area contributed by atoms with Crippen LogP contribution in [-0.4, -0.2) is 32.9 Å². The number of para-hydroxylation sites is 1. The molecule has 0 spiro atoms. The van der Waals surface area contributed by atoms with E-state index in [1.54, 1.807) is 19.2 Å². The first-order valence-corrected chi connectivity index (χ1v) is 5.82. The molecule has 0 aliphatic heterocycles. The highest BCUT2D eigenvalue weighted by atomic mass is 35.5. The van der Waals surface area contributed by atoms with Crippen molar-refractivity contribution in [3.8, 4) is 5.75 Å². The van der Waals surface area contributed by atoms with Gasteiger partial charge in [-0.05, 0) is 19.1 Å². The molecule has 1 unspecified atom stereocenters. The average molecular weight is 262 g/mol. The molecule has 1 aromatic rings. The first-order valence-electron chi connectivity index (χ1n) is 5.44. The van der Waals surface area contributed by atoms with Gasteiger partial charge < -0.3 is 14.8 Å². The van der Waals surface area contributed by atoms with Crippen LogP contribution in [0.2, 0.25) is 5.02 Å². The standard InChI is InChI=1S/C12H17ClFNO2/c1-9(8-16-2)15-6-7-17-12-10(13)4-3-5-11(12)14/h3-5,9,15H,6-8H2,1-2H3. The fourth-order valence-corrected chi connectivity index (χ4v) is 1.61. The number of rotatable bonds is 7. The molecule has 0 saturated heterocycles. The van der Waals surface area contributed by atoms with Crippen LogP contribution in [0.3, 0.4) is 0 Å². The molecule has 1 N–H and O–H groups in total. The molecule has 1 aromatic carbocycles. The molecule has 0 aliphatic rings. The monoisotopic (exact) mass is 261 g/mol. The summed E-state index contributed by atoms with van der Waals surface area (Å²) < 4.78 is 23.6. The number of benzene rings is 1. The Hall–Kier alpha value is -0.840. The van der Waals surface area contributed by atoms with Crippen molar-refractivity contribution in [3.05, 3.63) is 29.0 Å². The number of hydrogen-bond donors (Lipinski definition) is 1. The van der Waals surface area contributed by atoms with Crippen LogP contribution in [0.1, 0.15) is 6.92 Å². The van der Waals surface area contributed by atoms with Gasteiger partial charge in [0.05, 0.1) is 11.6 Å². The molecule has 1 atom stereocenters. The fraction of sp³-hybridized carbons (Fsp3) is 0.500. The lowest BCUT2D eigenvalue weighted by Crippen LogP contribution is -2.33. The second-order valence-corrected chi connectivity index (χ2v) is 4.12. The maximum Gasteiger partial charge on any atom is 0.173 e. The highest BCUT2D eigenvalue weighted by Crippen LogP contribution is 2.26. The van der Waals surface area contributed by atoms with Crippen molar-refractivity contribution < 1.29 is 13.9 Å². The summed E-state index contributed by atoms with van der Waals surface area (Å²) in [6, 6.07) is 4.70. The van der Waals surface area contributed by atoms with E-state index in [-0.39, 0.29) is 16.8 Å². The summed E-state index contributed by atoms with van der Waals surface area (Å²) >= 11 is 5.82. The predicted octanol–water partition coefficient (Wildman–Crippen LogP) is 2.48. The summed E-state index contributed by atoms with van der Waals surface area (Å²) in [7, 11) is 1.65. The summed E-state index contributed by atoms with van der Waals surface area (Å²) in [6.07, 6.45) is 0. The van der Waals surface area contributed by atoms with Gasteiger partial charge in [-0.2, -0.15) is 0 Å². The average Bonchev–Trinajstić information content (AvgIpc) is 2.28. The second-order valence-electron chi connectivity index (χ2n) is 3.71. The molecule has 0 aromatic heterocycles. The van der Waals surface area contributed by atoms with E-state index in [0.29, 0.717) is 19.8 Å². The van der Waals surface area contributed by atoms with E-state index in [2.05, 4.69) is 5.32 Å². The van der Waals surface area contributed by atoms with Gasteiger partial charge in [-0.3, -0.25) is 0 Å². The van der Waals surface area contributed by atoms with Gasteiger partial charge in [0.1, 0.15) is 6.61 Å². The van der Waals surface area contributed by atoms with Crippen LogP contribution in [0.15, 0.2) is 18.2 Å². The number of hydrogen-bond acceptors (Lipinski definition) is 3. The van der Waals surface area contributed by atoms with E-state index in [9.17, 15) is 4.39 Å². The molecule has 0 fully saturated rings. The lowest BCUT2D eigenvalue weighted by molar-refractivity contribution is 0.168. The molecular formula is C12H17ClFNO2. The van der Waals surface area contributed by atoms with Crippen molar-refractivity contribution in [1.29, 1.82) is 0 Å². The van der Waals surface area contributed by atoms with Crippen LogP contribution in [0, 0.1) is 5.82 Å². The van der Waals surface area contributed by atoms with Crippen LogP contribution in [0.4, 0.5) is 4.39 Å². The molecule has 96 valence electrons. The van der Waals surface area contributed by atoms with Gasteiger partial charge in [0, 0.05) is 19.7 Å². The Balaban J connectivity index is 2.31. The van der Waals surface area contributed by atoms with E-state index in [1.165, 1.54) is 6.07 Å². The van der Waals surface area contributed by atoms with Gasteiger partial charge in [0.2, 0.25) is 0 Å². The van der Waals surface area contributed by atoms with Crippen LogP contribution in [-0.2, 0) is 4.74 Å². The van der Waals surface area contributed by atoms with Crippen LogP contribution in [0.25, 0.3) is 0 Å². The highest BCUT2D eigenvalue weighted by molar-refractivity contribution is 6.32. The van der Waals surface area contributed by atoms with E-state index in [0.717, 1.165) is 0 Å². The number of halogens is 2. The van der Waals surface area contributed by atoms with E-state index in [4.69, 9.17) is 21.1 Å². The minimum absolute atomic E-state index is 0.107. The Morgan fingerprint density at radius 3 is 2.88 bits per heavy atom. The number of ether oxygens (including phenoxy) is 2. The Morgan fingerprint density at radius 1 is 1.47 bits per heavy atom. The molecule has 0 radical (unpaired) electrons. The minimum Gasteiger partial charge on any atom is -0.488 e. The largest absolute Gasteiger partial charge is 0.488 e. The molecule has 0 amide bonds. The molecular weight excluding hydrogens is 245 g/mol. The van der Waals surface area contributed by atoms with Crippen molar-refractivity contribution in [3.63, 3.8) is 0 Å². The van der Waals surface area contributed by atoms with Crippen LogP contribution < -0.4 is 10.1 Å². The zero-order valence-electron chi connectivity index (χ0n) is 10.0. The summed E-state index contributed by atoms with van der Waals surface area (Å²) in [4.78, 5) is 0. The van der Waals surface area contributed by atoms with Crippen molar-refractivity contribution >= 4 is 11.6 Å². The first-order chi connectivity index (χ1) is 8.15. The van der Waals surface area contributed by atoms with Crippen molar-refractivity contribution in [2.75, 3.05) is 26.9 Å². The second kappa shape index (κ2) is 7.48. The zero-order chi connectivity index (χ0) is 12.7. The Morgan fingerprint density at radius 2 is 2.24 bits per heavy atom. The van der Waals surface area contributed by atoms with Crippen molar-refractivity contribution in [2.45, 2.75) is 13.0 Å². The third-order valence-corrected chi connectivity index (χ3v) is 2.47. The number of nitrogens with one attached hydrogen (secondary N) is 1. The molecule has 0 saturated carbocycles. The van der Waals surface area contributed by atoms with Crippen molar-refractivity contribution in [2.24, 2.45) is 0 Å². The van der Waals surface area contributed by atoms with Gasteiger partial charge in [0.25, 0.3) is 0 Å². The normalized spacial score (nSPS) is 12.5. The van der Waals surface area contributed by atoms with Gasteiger partial charge in [-0.15, -0.1) is 0 Å². The third kappa shape index (κ3) is 4.89. The van der Waals surface area contributed by atoms with Gasteiger partial charge in [0.15, 0.2) is 11.6 Å². The van der Waals surface area contributed by atoms with Crippen LogP contribution in [0.5, 0.6) is 5.75 Å². The summed E-state index contributed by atoms with van der Waals surface area (Å²) in [5.74, 6) is -0.335. The smallest absolute Gasteiger partial charge is 0.173 e. The molecule has 5 heteroatoms. The van der Waals surface area contributed by atoms with Gasteiger partial charge in [-0.1, -0.05) is 17.7 Å². The zero-order valence-corrected chi connectivity index (χ0v) is 10.8. The molecule has 1 rings (SSSR count). The Bertz CT molecular complexity index is 329. The first kappa shape index (κ1) is 14.2. The molecule has 0 bridgehead atoms. The Kier molecular flexibility index (Phi) is 6.26. The Labute approximate surface area is 106 Å². The maximum atomic E-state index is 13.3. The molecule has 0 heterocycles. The van der Waals surface area contributed by atoms with Crippen molar-refractivity contribution in [1.82, 2.24) is 5.32 Å². The topological polar surface area (TPSA) is 30.5 Å². The third-order valence-electron chi connectivity index (χ3n) is 2.18. The summed E-state index contributed by atoms with van der Waals surface area (Å²) in [6.45, 7) is 3.59. The fourth-order valence-electron chi connectivity index (χ4n) is 1.39. The minimum atomic E-state index is -0.442. The van der Waals surface area contributed by atoms with E-state index in [1.807, 2.05) is 6.92 Å². The lowest BCUT2D eigenvalue weighted by atomic mass is 10.3. The molecule has 17 heavy (non-hydrogen) atoms. The SMILES string of the molecule is COCC(C)NCCOc1c(F)cccc1Cl. The lowest BCUT2D eigenvalue weighted by Gasteiger charge is -2.13. The number of methoxy groups -OCH3 is 1.